The minimum atomic E-state index is -4.40. The molecule has 0 aliphatic heterocycles. The van der Waals surface area contributed by atoms with E-state index in [0.29, 0.717) is 11.3 Å². The van der Waals surface area contributed by atoms with Crippen LogP contribution in [0.3, 0.4) is 0 Å². The Morgan fingerprint density at radius 2 is 2.13 bits per heavy atom. The van der Waals surface area contributed by atoms with Gasteiger partial charge in [-0.3, -0.25) is 0 Å². The van der Waals surface area contributed by atoms with Crippen LogP contribution in [0.4, 0.5) is 18.3 Å². The van der Waals surface area contributed by atoms with Crippen LogP contribution >= 0.6 is 23.1 Å². The second kappa shape index (κ2) is 5.02. The maximum Gasteiger partial charge on any atom is 0.445 e. The summed E-state index contributed by atoms with van der Waals surface area (Å²) < 4.78 is 36.5. The first kappa shape index (κ1) is 12.6. The molecule has 0 aliphatic carbocycles. The molecule has 1 aromatic rings. The molecule has 15 heavy (non-hydrogen) atoms. The van der Waals surface area contributed by atoms with Gasteiger partial charge in [-0.2, -0.15) is 24.9 Å². The number of nitrogens with one attached hydrogen (secondary N) is 1. The van der Waals surface area contributed by atoms with E-state index >= 15 is 0 Å². The van der Waals surface area contributed by atoms with Gasteiger partial charge in [0.15, 0.2) is 0 Å². The molecule has 0 fully saturated rings. The molecule has 0 amide bonds. The zero-order chi connectivity index (χ0) is 11.5. The summed E-state index contributed by atoms with van der Waals surface area (Å²) >= 11 is 2.14. The number of hydrogen-bond acceptors (Lipinski definition) is 5. The molecule has 0 saturated heterocycles. The van der Waals surface area contributed by atoms with Crippen molar-refractivity contribution in [2.45, 2.75) is 19.1 Å². The average molecular weight is 257 g/mol. The van der Waals surface area contributed by atoms with Crippen LogP contribution in [0.25, 0.3) is 0 Å². The van der Waals surface area contributed by atoms with E-state index in [0.717, 1.165) is 5.75 Å². The van der Waals surface area contributed by atoms with Crippen LogP contribution in [-0.4, -0.2) is 28.2 Å². The van der Waals surface area contributed by atoms with Crippen molar-refractivity contribution in [2.75, 3.05) is 17.3 Å². The van der Waals surface area contributed by atoms with E-state index in [1.54, 1.807) is 11.8 Å². The summed E-state index contributed by atoms with van der Waals surface area (Å²) in [5.41, 5.74) is 0. The molecule has 1 unspecified atom stereocenters. The van der Waals surface area contributed by atoms with Gasteiger partial charge in [-0.25, -0.2) is 0 Å². The Morgan fingerprint density at radius 3 is 2.60 bits per heavy atom. The van der Waals surface area contributed by atoms with Crippen molar-refractivity contribution in [1.82, 2.24) is 10.2 Å². The predicted octanol–water partition coefficient (Wildman–Crippen LogP) is 2.72. The molecule has 1 atom stereocenters. The third-order valence-electron chi connectivity index (χ3n) is 1.45. The Hall–Kier alpha value is -0.500. The largest absolute Gasteiger partial charge is 0.445 e. The van der Waals surface area contributed by atoms with Gasteiger partial charge in [0.2, 0.25) is 10.1 Å². The van der Waals surface area contributed by atoms with E-state index < -0.39 is 11.2 Å². The van der Waals surface area contributed by atoms with Crippen molar-refractivity contribution in [2.24, 2.45) is 0 Å². The van der Waals surface area contributed by atoms with Crippen LogP contribution in [0.1, 0.15) is 11.9 Å². The van der Waals surface area contributed by atoms with Gasteiger partial charge in [-0.05, 0) is 13.2 Å². The van der Waals surface area contributed by atoms with Gasteiger partial charge in [0.25, 0.3) is 0 Å². The summed E-state index contributed by atoms with van der Waals surface area (Å²) in [6.45, 7) is 1.88. The van der Waals surface area contributed by atoms with E-state index in [2.05, 4.69) is 15.5 Å². The zero-order valence-corrected chi connectivity index (χ0v) is 9.76. The van der Waals surface area contributed by atoms with Gasteiger partial charge in [-0.1, -0.05) is 11.3 Å². The molecule has 0 aromatic carbocycles. The molecule has 1 heterocycles. The highest BCUT2D eigenvalue weighted by Gasteiger charge is 2.35. The molecule has 8 heteroatoms. The molecule has 0 saturated carbocycles. The summed E-state index contributed by atoms with van der Waals surface area (Å²) in [5.74, 6) is 0.806. The highest BCUT2D eigenvalue weighted by atomic mass is 32.2. The fraction of sp³-hybridized carbons (Fsp3) is 0.714. The van der Waals surface area contributed by atoms with Gasteiger partial charge in [0.1, 0.15) is 0 Å². The average Bonchev–Trinajstić information content (AvgIpc) is 2.52. The van der Waals surface area contributed by atoms with Crippen molar-refractivity contribution in [3.63, 3.8) is 0 Å². The van der Waals surface area contributed by atoms with Crippen LogP contribution in [0, 0.1) is 0 Å². The molecule has 0 spiro atoms. The topological polar surface area (TPSA) is 37.8 Å². The van der Waals surface area contributed by atoms with Crippen LogP contribution in [0.2, 0.25) is 0 Å². The van der Waals surface area contributed by atoms with Gasteiger partial charge in [0.05, 0.1) is 0 Å². The van der Waals surface area contributed by atoms with Gasteiger partial charge < -0.3 is 5.32 Å². The minimum absolute atomic E-state index is 0.0778. The normalized spacial score (nSPS) is 13.9. The van der Waals surface area contributed by atoms with E-state index in [4.69, 9.17) is 0 Å². The van der Waals surface area contributed by atoms with Gasteiger partial charge in [0, 0.05) is 11.8 Å². The summed E-state index contributed by atoms with van der Waals surface area (Å²) in [6.07, 6.45) is -2.47. The molecule has 0 bridgehead atoms. The van der Waals surface area contributed by atoms with E-state index in [1.165, 1.54) is 0 Å². The smallest absolute Gasteiger partial charge is 0.357 e. The van der Waals surface area contributed by atoms with Gasteiger partial charge >= 0.3 is 6.18 Å². The summed E-state index contributed by atoms with van der Waals surface area (Å²) in [6, 6.07) is 0.0778. The van der Waals surface area contributed by atoms with Gasteiger partial charge in [-0.15, -0.1) is 10.2 Å². The van der Waals surface area contributed by atoms with Crippen LogP contribution in [-0.2, 0) is 6.18 Å². The highest BCUT2D eigenvalue weighted by molar-refractivity contribution is 7.98. The quantitative estimate of drug-likeness (QED) is 0.900. The van der Waals surface area contributed by atoms with Crippen molar-refractivity contribution >= 4 is 28.2 Å². The fourth-order valence-electron chi connectivity index (χ4n) is 0.899. The number of nitrogens with zero attached hydrogens (tertiary/aromatic N) is 2. The molecule has 86 valence electrons. The number of halogens is 3. The second-order valence-electron chi connectivity index (χ2n) is 2.91. The third kappa shape index (κ3) is 3.86. The fourth-order valence-corrected chi connectivity index (χ4v) is 2.20. The Kier molecular flexibility index (Phi) is 4.21. The molecular weight excluding hydrogens is 247 g/mol. The van der Waals surface area contributed by atoms with Crippen molar-refractivity contribution < 1.29 is 13.2 Å². The van der Waals surface area contributed by atoms with E-state index in [9.17, 15) is 13.2 Å². The molecule has 1 aromatic heterocycles. The van der Waals surface area contributed by atoms with Crippen LogP contribution in [0.15, 0.2) is 0 Å². The number of thioether (sulfide) groups is 1. The number of aromatic nitrogens is 2. The first-order valence-corrected chi connectivity index (χ1v) is 6.30. The summed E-state index contributed by atoms with van der Waals surface area (Å²) in [5, 5.41) is 8.66. The highest BCUT2D eigenvalue weighted by Crippen LogP contribution is 2.33. The molecule has 1 N–H and O–H groups in total. The maximum atomic E-state index is 12.2. The second-order valence-corrected chi connectivity index (χ2v) is 4.80. The molecular formula is C7H10F3N3S2. The van der Waals surface area contributed by atoms with E-state index in [-0.39, 0.29) is 11.2 Å². The molecule has 0 aliphatic rings. The third-order valence-corrected chi connectivity index (χ3v) is 3.19. The first-order chi connectivity index (χ1) is 6.93. The summed E-state index contributed by atoms with van der Waals surface area (Å²) in [4.78, 5) is 0. The lowest BCUT2D eigenvalue weighted by Crippen LogP contribution is -2.17. The van der Waals surface area contributed by atoms with Crippen molar-refractivity contribution in [1.29, 1.82) is 0 Å². The minimum Gasteiger partial charge on any atom is -0.357 e. The number of hydrogen-bond donors (Lipinski definition) is 1. The lowest BCUT2D eigenvalue weighted by molar-refractivity contribution is -0.138. The Labute approximate surface area is 93.5 Å². The lowest BCUT2D eigenvalue weighted by atomic mass is 10.4. The zero-order valence-electron chi connectivity index (χ0n) is 8.13. The van der Waals surface area contributed by atoms with E-state index in [1.807, 2.05) is 13.2 Å². The van der Waals surface area contributed by atoms with Crippen molar-refractivity contribution in [3.8, 4) is 0 Å². The van der Waals surface area contributed by atoms with Crippen LogP contribution < -0.4 is 5.32 Å². The predicted molar refractivity (Wildman–Crippen MR) is 56.4 cm³/mol. The molecule has 3 nitrogen and oxygen atoms in total. The standard InChI is InChI=1S/C7H10F3N3S2/c1-4(3-14-2)11-6-13-12-5(15-6)7(8,9)10/h4H,3H2,1-2H3,(H,11,13). The maximum absolute atomic E-state index is 12.2. The lowest BCUT2D eigenvalue weighted by Gasteiger charge is -2.09. The number of rotatable bonds is 4. The molecule has 1 rings (SSSR count). The Bertz CT molecular complexity index is 313. The SMILES string of the molecule is CSCC(C)Nc1nnc(C(F)(F)F)s1. The summed E-state index contributed by atoms with van der Waals surface area (Å²) in [7, 11) is 0. The van der Waals surface area contributed by atoms with Crippen molar-refractivity contribution in [3.05, 3.63) is 5.01 Å². The Morgan fingerprint density at radius 1 is 1.47 bits per heavy atom. The molecule has 0 radical (unpaired) electrons. The number of anilines is 1. The first-order valence-electron chi connectivity index (χ1n) is 4.09. The monoisotopic (exact) mass is 257 g/mol. The number of alkyl halides is 3. The Balaban J connectivity index is 2.61. The van der Waals surface area contributed by atoms with Crippen LogP contribution in [0.5, 0.6) is 0 Å².